The summed E-state index contributed by atoms with van der Waals surface area (Å²) in [6.45, 7) is 1.53. The topological polar surface area (TPSA) is 95.8 Å². The van der Waals surface area contributed by atoms with E-state index >= 15 is 0 Å². The zero-order valence-electron chi connectivity index (χ0n) is 13.0. The molecule has 0 radical (unpaired) electrons. The van der Waals surface area contributed by atoms with Crippen molar-refractivity contribution in [3.05, 3.63) is 41.1 Å². The molecule has 0 aliphatic carbocycles. The molecule has 6 nitrogen and oxygen atoms in total. The van der Waals surface area contributed by atoms with Gasteiger partial charge in [0.1, 0.15) is 11.5 Å². The van der Waals surface area contributed by atoms with Gasteiger partial charge in [0.25, 0.3) is 0 Å². The lowest BCUT2D eigenvalue weighted by Gasteiger charge is -2.19. The highest BCUT2D eigenvalue weighted by Gasteiger charge is 2.31. The number of allylic oxidation sites excluding steroid dienone is 2. The molecular weight excluding hydrogens is 323 g/mol. The van der Waals surface area contributed by atoms with Crippen molar-refractivity contribution in [2.24, 2.45) is 15.9 Å². The van der Waals surface area contributed by atoms with E-state index in [1.165, 1.54) is 38.3 Å². The van der Waals surface area contributed by atoms with E-state index in [2.05, 4.69) is 15.5 Å². The first-order valence-corrected chi connectivity index (χ1v) is 6.89. The van der Waals surface area contributed by atoms with Crippen LogP contribution in [0.1, 0.15) is 18.1 Å². The number of benzene rings is 1. The Kier molecular flexibility index (Phi) is 4.91. The van der Waals surface area contributed by atoms with E-state index in [0.717, 1.165) is 0 Å². The van der Waals surface area contributed by atoms with Crippen LogP contribution in [-0.2, 0) is 6.42 Å². The quantitative estimate of drug-likeness (QED) is 0.735. The minimum absolute atomic E-state index is 0.00265. The summed E-state index contributed by atoms with van der Waals surface area (Å²) in [6.07, 6.45) is -4.12. The molecular formula is C15H16F3N5O. The van der Waals surface area contributed by atoms with Gasteiger partial charge < -0.3 is 21.2 Å². The summed E-state index contributed by atoms with van der Waals surface area (Å²) in [4.78, 5) is 0. The molecule has 0 fully saturated rings. The minimum Gasteiger partial charge on any atom is -0.497 e. The van der Waals surface area contributed by atoms with E-state index in [4.69, 9.17) is 15.9 Å². The maximum absolute atomic E-state index is 12.9. The Morgan fingerprint density at radius 3 is 2.67 bits per heavy atom. The normalized spacial score (nSPS) is 16.3. The van der Waals surface area contributed by atoms with Crippen LogP contribution < -0.4 is 15.8 Å². The fourth-order valence-electron chi connectivity index (χ4n) is 2.19. The van der Waals surface area contributed by atoms with Gasteiger partial charge in [-0.2, -0.15) is 13.2 Å². The number of nitrogens with two attached hydrogens (primary N) is 1. The van der Waals surface area contributed by atoms with Crippen LogP contribution in [0.25, 0.3) is 0 Å². The number of methoxy groups -OCH3 is 1. The summed E-state index contributed by atoms with van der Waals surface area (Å²) in [5, 5.41) is 17.9. The highest BCUT2D eigenvalue weighted by Crippen LogP contribution is 2.28. The third kappa shape index (κ3) is 4.34. The van der Waals surface area contributed by atoms with E-state index in [1.807, 2.05) is 0 Å². The Bertz CT molecular complexity index is 750. The van der Waals surface area contributed by atoms with Crippen LogP contribution in [0.5, 0.6) is 5.75 Å². The predicted molar refractivity (Wildman–Crippen MR) is 85.5 cm³/mol. The Morgan fingerprint density at radius 2 is 2.08 bits per heavy atom. The molecule has 0 amide bonds. The Hall–Kier alpha value is -2.84. The van der Waals surface area contributed by atoms with Crippen LogP contribution >= 0.6 is 0 Å². The number of nitrogens with one attached hydrogen (secondary N) is 2. The smallest absolute Gasteiger partial charge is 0.393 e. The largest absolute Gasteiger partial charge is 0.497 e. The monoisotopic (exact) mass is 339 g/mol. The lowest BCUT2D eigenvalue weighted by molar-refractivity contribution is -0.127. The van der Waals surface area contributed by atoms with Gasteiger partial charge >= 0.3 is 6.18 Å². The summed E-state index contributed by atoms with van der Waals surface area (Å²) in [5.74, 6) is 0.302. The van der Waals surface area contributed by atoms with Crippen molar-refractivity contribution in [1.82, 2.24) is 5.32 Å². The first kappa shape index (κ1) is 17.5. The average Bonchev–Trinajstić information content (AvgIpc) is 2.45. The second-order valence-corrected chi connectivity index (χ2v) is 5.11. The van der Waals surface area contributed by atoms with E-state index in [0.29, 0.717) is 11.4 Å². The number of ether oxygens (including phenoxy) is 1. The molecule has 0 unspecified atom stereocenters. The molecule has 1 aliphatic rings. The molecule has 128 valence electrons. The number of hydrogen-bond acceptors (Lipinski definition) is 6. The van der Waals surface area contributed by atoms with E-state index in [1.54, 1.807) is 0 Å². The average molecular weight is 339 g/mol. The van der Waals surface area contributed by atoms with Crippen molar-refractivity contribution < 1.29 is 17.9 Å². The molecule has 1 heterocycles. The second kappa shape index (κ2) is 6.73. The molecule has 0 atom stereocenters. The van der Waals surface area contributed by atoms with Crippen molar-refractivity contribution in [2.75, 3.05) is 7.11 Å². The van der Waals surface area contributed by atoms with Gasteiger partial charge in [-0.05, 0) is 36.8 Å². The molecule has 2 rings (SSSR count). The fraction of sp³-hybridized carbons (Fsp3) is 0.267. The molecule has 9 heteroatoms. The van der Waals surface area contributed by atoms with Gasteiger partial charge in [0.05, 0.1) is 19.2 Å². The minimum atomic E-state index is -4.40. The van der Waals surface area contributed by atoms with Gasteiger partial charge in [0, 0.05) is 11.3 Å². The van der Waals surface area contributed by atoms with E-state index in [9.17, 15) is 13.2 Å². The fourth-order valence-corrected chi connectivity index (χ4v) is 2.19. The lowest BCUT2D eigenvalue weighted by atomic mass is 9.97. The summed E-state index contributed by atoms with van der Waals surface area (Å²) < 4.78 is 43.7. The third-order valence-electron chi connectivity index (χ3n) is 3.09. The molecule has 1 aromatic carbocycles. The van der Waals surface area contributed by atoms with Crippen molar-refractivity contribution in [3.63, 3.8) is 0 Å². The second-order valence-electron chi connectivity index (χ2n) is 5.11. The van der Waals surface area contributed by atoms with Gasteiger partial charge in [0.15, 0.2) is 0 Å². The van der Waals surface area contributed by atoms with E-state index < -0.39 is 12.6 Å². The lowest BCUT2D eigenvalue weighted by Crippen LogP contribution is -2.37. The molecule has 4 N–H and O–H groups in total. The molecule has 1 aromatic rings. The third-order valence-corrected chi connectivity index (χ3v) is 3.09. The van der Waals surface area contributed by atoms with Crippen LogP contribution in [-0.4, -0.2) is 30.7 Å². The van der Waals surface area contributed by atoms with Crippen LogP contribution in [0, 0.1) is 5.41 Å². The summed E-state index contributed by atoms with van der Waals surface area (Å²) in [6, 6.07) is 4.32. The number of guanidine groups is 1. The molecule has 0 bridgehead atoms. The van der Waals surface area contributed by atoms with Crippen LogP contribution in [0.3, 0.4) is 0 Å². The Balaban J connectivity index is 2.58. The highest BCUT2D eigenvalue weighted by molar-refractivity contribution is 6.18. The van der Waals surface area contributed by atoms with Crippen molar-refractivity contribution >= 4 is 17.4 Å². The SMILES string of the molecule is COc1ccc(C2=NN=C(N)N/C2=C\C(C)=N)c(CC(F)(F)F)c1. The van der Waals surface area contributed by atoms with Crippen LogP contribution in [0.2, 0.25) is 0 Å². The van der Waals surface area contributed by atoms with Crippen molar-refractivity contribution in [1.29, 1.82) is 5.41 Å². The van der Waals surface area contributed by atoms with Gasteiger partial charge in [-0.15, -0.1) is 10.2 Å². The number of nitrogens with zero attached hydrogens (tertiary/aromatic N) is 2. The first-order valence-electron chi connectivity index (χ1n) is 6.89. The van der Waals surface area contributed by atoms with Crippen LogP contribution in [0.15, 0.2) is 40.2 Å². The molecule has 0 saturated heterocycles. The van der Waals surface area contributed by atoms with Gasteiger partial charge in [-0.3, -0.25) is 0 Å². The van der Waals surface area contributed by atoms with Crippen molar-refractivity contribution in [2.45, 2.75) is 19.5 Å². The maximum Gasteiger partial charge on any atom is 0.393 e. The van der Waals surface area contributed by atoms with Gasteiger partial charge in [-0.1, -0.05) is 0 Å². The number of hydrogen-bond donors (Lipinski definition) is 3. The molecule has 24 heavy (non-hydrogen) atoms. The molecule has 0 spiro atoms. The van der Waals surface area contributed by atoms with Gasteiger partial charge in [-0.25, -0.2) is 0 Å². The zero-order valence-corrected chi connectivity index (χ0v) is 13.0. The number of alkyl halides is 3. The van der Waals surface area contributed by atoms with Crippen LogP contribution in [0.4, 0.5) is 13.2 Å². The van der Waals surface area contributed by atoms with Crippen molar-refractivity contribution in [3.8, 4) is 5.75 Å². The van der Waals surface area contributed by atoms with Gasteiger partial charge in [0.2, 0.25) is 5.96 Å². The number of rotatable bonds is 4. The maximum atomic E-state index is 12.9. The number of halogens is 3. The Morgan fingerprint density at radius 1 is 1.38 bits per heavy atom. The summed E-state index contributed by atoms with van der Waals surface area (Å²) in [5.41, 5.74) is 6.45. The Labute approximate surface area is 136 Å². The highest BCUT2D eigenvalue weighted by atomic mass is 19.4. The molecule has 0 aromatic heterocycles. The van der Waals surface area contributed by atoms with E-state index in [-0.39, 0.29) is 28.5 Å². The standard InChI is InChI=1S/C15H16F3N5O/c1-8(19)5-12-13(22-23-14(20)21-12)11-4-3-10(24-2)6-9(11)7-15(16,17)18/h3-6,19H,7H2,1-2H3,(H3,20,21,23)/b12-5-,19-8?. The molecule has 0 saturated carbocycles. The predicted octanol–water partition coefficient (Wildman–Crippen LogP) is 2.35. The first-order chi connectivity index (χ1) is 11.2. The summed E-state index contributed by atoms with van der Waals surface area (Å²) >= 11 is 0. The molecule has 1 aliphatic heterocycles. The summed E-state index contributed by atoms with van der Waals surface area (Å²) in [7, 11) is 1.38. The zero-order chi connectivity index (χ0) is 17.9.